The first-order chi connectivity index (χ1) is 12.8. The first kappa shape index (κ1) is 19.8. The predicted molar refractivity (Wildman–Crippen MR) is 91.0 cm³/mol. The molecule has 0 saturated carbocycles. The molecule has 0 aliphatic heterocycles. The van der Waals surface area contributed by atoms with Crippen molar-refractivity contribution in [1.29, 1.82) is 0 Å². The lowest BCUT2D eigenvalue weighted by Crippen LogP contribution is -2.30. The smallest absolute Gasteiger partial charge is 0.338 e. The Balaban J connectivity index is 1.96. The number of rotatable bonds is 7. The zero-order chi connectivity index (χ0) is 20.0. The van der Waals surface area contributed by atoms with E-state index in [1.807, 2.05) is 5.32 Å². The van der Waals surface area contributed by atoms with Crippen LogP contribution in [0.5, 0.6) is 5.75 Å². The Labute approximate surface area is 153 Å². The predicted octanol–water partition coefficient (Wildman–Crippen LogP) is 2.01. The van der Waals surface area contributed by atoms with Gasteiger partial charge in [-0.2, -0.15) is 0 Å². The van der Waals surface area contributed by atoms with Crippen molar-refractivity contribution in [3.05, 3.63) is 59.7 Å². The molecule has 0 saturated heterocycles. The molecule has 2 amide bonds. The van der Waals surface area contributed by atoms with Crippen LogP contribution >= 0.6 is 0 Å². The first-order valence-electron chi connectivity index (χ1n) is 7.75. The average molecular weight is 378 g/mol. The van der Waals surface area contributed by atoms with Crippen LogP contribution in [-0.2, 0) is 14.3 Å². The van der Waals surface area contributed by atoms with Crippen LogP contribution in [0.3, 0.4) is 0 Å². The van der Waals surface area contributed by atoms with Gasteiger partial charge in [-0.3, -0.25) is 9.59 Å². The number of hydrogen-bond donors (Lipinski definition) is 2. The molecule has 1 atom stereocenters. The summed E-state index contributed by atoms with van der Waals surface area (Å²) < 4.78 is 37.1. The molecule has 2 aromatic rings. The number of halogens is 2. The van der Waals surface area contributed by atoms with Crippen LogP contribution in [0.4, 0.5) is 14.5 Å². The molecule has 0 bridgehead atoms. The number of benzene rings is 2. The van der Waals surface area contributed by atoms with Crippen molar-refractivity contribution >= 4 is 23.5 Å². The molecule has 0 fully saturated rings. The molecule has 9 heteroatoms. The maximum absolute atomic E-state index is 13.5. The van der Waals surface area contributed by atoms with Crippen LogP contribution in [0.1, 0.15) is 17.3 Å². The van der Waals surface area contributed by atoms with E-state index in [-0.39, 0.29) is 12.2 Å². The summed E-state index contributed by atoms with van der Waals surface area (Å²) in [6.45, 7) is 0.948. The second-order valence-electron chi connectivity index (χ2n) is 5.41. The van der Waals surface area contributed by atoms with Gasteiger partial charge in [0.15, 0.2) is 12.7 Å². The normalized spacial score (nSPS) is 11.4. The second kappa shape index (κ2) is 8.75. The molecule has 2 aromatic carbocycles. The van der Waals surface area contributed by atoms with Gasteiger partial charge >= 0.3 is 5.97 Å². The Morgan fingerprint density at radius 3 is 2.22 bits per heavy atom. The minimum absolute atomic E-state index is 0.109. The maximum Gasteiger partial charge on any atom is 0.338 e. The number of carbonyl (C=O) groups is 3. The van der Waals surface area contributed by atoms with Gasteiger partial charge in [-0.05, 0) is 43.3 Å². The lowest BCUT2D eigenvalue weighted by atomic mass is 10.2. The van der Waals surface area contributed by atoms with Crippen LogP contribution in [0, 0.1) is 11.6 Å². The van der Waals surface area contributed by atoms with Gasteiger partial charge in [0.05, 0.1) is 5.56 Å². The highest BCUT2D eigenvalue weighted by atomic mass is 19.1. The van der Waals surface area contributed by atoms with Crippen molar-refractivity contribution < 1.29 is 32.6 Å². The summed E-state index contributed by atoms with van der Waals surface area (Å²) in [5, 5.41) is 2.04. The summed E-state index contributed by atoms with van der Waals surface area (Å²) in [5.74, 6) is -3.96. The maximum atomic E-state index is 13.5. The zero-order valence-electron chi connectivity index (χ0n) is 14.2. The molecule has 7 nitrogen and oxygen atoms in total. The van der Waals surface area contributed by atoms with E-state index in [0.29, 0.717) is 5.75 Å². The summed E-state index contributed by atoms with van der Waals surface area (Å²) in [6.07, 6.45) is -1.30. The number of ether oxygens (including phenoxy) is 2. The molecule has 0 aliphatic carbocycles. The van der Waals surface area contributed by atoms with E-state index in [1.54, 1.807) is 0 Å². The molecule has 27 heavy (non-hydrogen) atoms. The fraction of sp³-hybridized carbons (Fsp3) is 0.167. The standard InChI is InChI=1S/C18H16F2N2O5/c1-10(17(24)22-16-13(19)3-2-4-14(16)20)27-18(25)11-5-7-12(8-6-11)26-9-15(21)23/h2-8,10H,9H2,1H3,(H2,21,23)(H,22,24)/t10-/m0/s1. The topological polar surface area (TPSA) is 108 Å². The Morgan fingerprint density at radius 2 is 1.67 bits per heavy atom. The summed E-state index contributed by atoms with van der Waals surface area (Å²) in [6, 6.07) is 8.67. The third-order valence-corrected chi connectivity index (χ3v) is 3.34. The van der Waals surface area contributed by atoms with Crippen molar-refractivity contribution in [1.82, 2.24) is 0 Å². The Kier molecular flexibility index (Phi) is 6.42. The van der Waals surface area contributed by atoms with Gasteiger partial charge in [0.25, 0.3) is 11.8 Å². The van der Waals surface area contributed by atoms with Gasteiger partial charge in [-0.25, -0.2) is 13.6 Å². The van der Waals surface area contributed by atoms with Gasteiger partial charge < -0.3 is 20.5 Å². The van der Waals surface area contributed by atoms with Gasteiger partial charge in [0.1, 0.15) is 23.1 Å². The van der Waals surface area contributed by atoms with Crippen LogP contribution in [-0.4, -0.2) is 30.5 Å². The monoisotopic (exact) mass is 378 g/mol. The SMILES string of the molecule is C[C@H](OC(=O)c1ccc(OCC(N)=O)cc1)C(=O)Nc1c(F)cccc1F. The van der Waals surface area contributed by atoms with E-state index in [4.69, 9.17) is 15.2 Å². The van der Waals surface area contributed by atoms with Gasteiger partial charge in [-0.1, -0.05) is 6.07 Å². The molecular formula is C18H16F2N2O5. The van der Waals surface area contributed by atoms with E-state index in [1.165, 1.54) is 31.2 Å². The van der Waals surface area contributed by atoms with Crippen LogP contribution in [0.15, 0.2) is 42.5 Å². The van der Waals surface area contributed by atoms with Crippen LogP contribution < -0.4 is 15.8 Å². The molecule has 0 aliphatic rings. The van der Waals surface area contributed by atoms with E-state index in [9.17, 15) is 23.2 Å². The lowest BCUT2D eigenvalue weighted by molar-refractivity contribution is -0.123. The highest BCUT2D eigenvalue weighted by Crippen LogP contribution is 2.19. The van der Waals surface area contributed by atoms with E-state index < -0.39 is 41.2 Å². The molecule has 0 radical (unpaired) electrons. The lowest BCUT2D eigenvalue weighted by Gasteiger charge is -2.14. The summed E-state index contributed by atoms with van der Waals surface area (Å²) in [7, 11) is 0. The highest BCUT2D eigenvalue weighted by molar-refractivity contribution is 5.97. The summed E-state index contributed by atoms with van der Waals surface area (Å²) in [4.78, 5) is 34.7. The van der Waals surface area contributed by atoms with Crippen molar-refractivity contribution in [2.24, 2.45) is 5.73 Å². The largest absolute Gasteiger partial charge is 0.484 e. The average Bonchev–Trinajstić information content (AvgIpc) is 2.63. The fourth-order valence-corrected chi connectivity index (χ4v) is 1.97. The Bertz CT molecular complexity index is 835. The van der Waals surface area contributed by atoms with Crippen molar-refractivity contribution in [2.75, 3.05) is 11.9 Å². The van der Waals surface area contributed by atoms with Crippen LogP contribution in [0.25, 0.3) is 0 Å². The number of para-hydroxylation sites is 1. The number of amides is 2. The quantitative estimate of drug-likeness (QED) is 0.717. The number of esters is 1. The van der Waals surface area contributed by atoms with Gasteiger partial charge in [-0.15, -0.1) is 0 Å². The molecule has 142 valence electrons. The minimum atomic E-state index is -1.30. The first-order valence-corrected chi connectivity index (χ1v) is 7.75. The number of nitrogens with two attached hydrogens (primary N) is 1. The van der Waals surface area contributed by atoms with Crippen molar-refractivity contribution in [3.8, 4) is 5.75 Å². The highest BCUT2D eigenvalue weighted by Gasteiger charge is 2.21. The van der Waals surface area contributed by atoms with E-state index >= 15 is 0 Å². The number of anilines is 1. The molecule has 0 spiro atoms. The number of carbonyl (C=O) groups excluding carboxylic acids is 3. The Hall–Kier alpha value is -3.49. The zero-order valence-corrected chi connectivity index (χ0v) is 14.2. The molecule has 2 rings (SSSR count). The van der Waals surface area contributed by atoms with Gasteiger partial charge in [0, 0.05) is 0 Å². The van der Waals surface area contributed by atoms with Crippen molar-refractivity contribution in [3.63, 3.8) is 0 Å². The van der Waals surface area contributed by atoms with Crippen LogP contribution in [0.2, 0.25) is 0 Å². The molecule has 0 unspecified atom stereocenters. The number of primary amides is 1. The molecule has 0 heterocycles. The van der Waals surface area contributed by atoms with E-state index in [0.717, 1.165) is 18.2 Å². The third kappa shape index (κ3) is 5.50. The Morgan fingerprint density at radius 1 is 1.07 bits per heavy atom. The summed E-state index contributed by atoms with van der Waals surface area (Å²) >= 11 is 0. The number of nitrogens with one attached hydrogen (secondary N) is 1. The fourth-order valence-electron chi connectivity index (χ4n) is 1.97. The van der Waals surface area contributed by atoms with Gasteiger partial charge in [0.2, 0.25) is 0 Å². The third-order valence-electron chi connectivity index (χ3n) is 3.34. The second-order valence-corrected chi connectivity index (χ2v) is 5.41. The molecular weight excluding hydrogens is 362 g/mol. The molecule has 0 aromatic heterocycles. The minimum Gasteiger partial charge on any atom is -0.484 e. The van der Waals surface area contributed by atoms with E-state index in [2.05, 4.69) is 0 Å². The molecule has 3 N–H and O–H groups in total. The van der Waals surface area contributed by atoms with Crippen molar-refractivity contribution in [2.45, 2.75) is 13.0 Å². The summed E-state index contributed by atoms with van der Waals surface area (Å²) in [5.41, 5.74) is 4.44. The number of hydrogen-bond acceptors (Lipinski definition) is 5.